The van der Waals surface area contributed by atoms with Crippen molar-refractivity contribution in [3.63, 3.8) is 0 Å². The first-order valence-electron chi connectivity index (χ1n) is 8.33. The van der Waals surface area contributed by atoms with Gasteiger partial charge in [0.2, 0.25) is 15.9 Å². The number of carboxylic acids is 1. The third-order valence-corrected chi connectivity index (χ3v) is 6.29. The quantitative estimate of drug-likeness (QED) is 0.817. The number of hydrogen-bond acceptors (Lipinski definition) is 4. The molecule has 8 heteroatoms. The van der Waals surface area contributed by atoms with E-state index in [0.29, 0.717) is 19.4 Å². The number of piperidine rings is 1. The molecule has 1 aromatic rings. The summed E-state index contributed by atoms with van der Waals surface area (Å²) in [6, 6.07) is 6.62. The average Bonchev–Trinajstić information content (AvgIpc) is 2.59. The van der Waals surface area contributed by atoms with Gasteiger partial charge in [-0.15, -0.1) is 0 Å². The lowest BCUT2D eigenvalue weighted by Crippen LogP contribution is -2.47. The summed E-state index contributed by atoms with van der Waals surface area (Å²) in [6.07, 6.45) is 1.14. The third-order valence-electron chi connectivity index (χ3n) is 4.41. The number of likely N-dealkylation sites (N-methyl/N-ethyl adjacent to an activating group) is 1. The second-order valence-electron chi connectivity index (χ2n) is 6.26. The monoisotopic (exact) mass is 368 g/mol. The van der Waals surface area contributed by atoms with E-state index in [-0.39, 0.29) is 30.4 Å². The van der Waals surface area contributed by atoms with Crippen LogP contribution >= 0.6 is 0 Å². The smallest absolute Gasteiger partial charge is 0.323 e. The van der Waals surface area contributed by atoms with Crippen LogP contribution < -0.4 is 0 Å². The predicted molar refractivity (Wildman–Crippen MR) is 92.6 cm³/mol. The Kier molecular flexibility index (Phi) is 6.18. The van der Waals surface area contributed by atoms with Crippen molar-refractivity contribution in [2.45, 2.75) is 31.6 Å². The van der Waals surface area contributed by atoms with E-state index in [9.17, 15) is 18.0 Å². The van der Waals surface area contributed by atoms with Crippen LogP contribution in [0.4, 0.5) is 0 Å². The van der Waals surface area contributed by atoms with Gasteiger partial charge in [0, 0.05) is 19.6 Å². The Morgan fingerprint density at radius 2 is 1.92 bits per heavy atom. The molecule has 0 aromatic heterocycles. The van der Waals surface area contributed by atoms with Gasteiger partial charge in [0.1, 0.15) is 6.54 Å². The van der Waals surface area contributed by atoms with Gasteiger partial charge in [0.25, 0.3) is 0 Å². The van der Waals surface area contributed by atoms with Crippen LogP contribution in [0.3, 0.4) is 0 Å². The van der Waals surface area contributed by atoms with Crippen molar-refractivity contribution in [1.29, 1.82) is 0 Å². The van der Waals surface area contributed by atoms with Gasteiger partial charge in [0.05, 0.1) is 10.8 Å². The largest absolute Gasteiger partial charge is 0.480 e. The van der Waals surface area contributed by atoms with Gasteiger partial charge in [-0.05, 0) is 38.8 Å². The Bertz CT molecular complexity index is 730. The number of carboxylic acid groups (broad SMARTS) is 1. The molecule has 1 heterocycles. The minimum Gasteiger partial charge on any atom is -0.480 e. The summed E-state index contributed by atoms with van der Waals surface area (Å²) in [4.78, 5) is 24.9. The molecular weight excluding hydrogens is 344 g/mol. The lowest BCUT2D eigenvalue weighted by Gasteiger charge is -2.33. The summed E-state index contributed by atoms with van der Waals surface area (Å²) in [5, 5.41) is 8.91. The van der Waals surface area contributed by atoms with Crippen LogP contribution in [-0.4, -0.2) is 60.8 Å². The summed E-state index contributed by atoms with van der Waals surface area (Å²) in [5.41, 5.74) is 0.970. The zero-order valence-electron chi connectivity index (χ0n) is 14.5. The zero-order valence-corrected chi connectivity index (χ0v) is 15.3. The van der Waals surface area contributed by atoms with Crippen molar-refractivity contribution in [3.8, 4) is 0 Å². The van der Waals surface area contributed by atoms with E-state index >= 15 is 0 Å². The Balaban J connectivity index is 2.15. The molecule has 1 saturated heterocycles. The van der Waals surface area contributed by atoms with Crippen LogP contribution in [-0.2, 0) is 19.6 Å². The predicted octanol–water partition coefficient (Wildman–Crippen LogP) is 1.33. The molecule has 1 N–H and O–H groups in total. The number of benzene rings is 1. The highest BCUT2D eigenvalue weighted by molar-refractivity contribution is 7.89. The normalized spacial score (nSPS) is 18.7. The average molecular weight is 368 g/mol. The number of carbonyl (C=O) groups excluding carboxylic acids is 1. The number of carbonyl (C=O) groups is 2. The fourth-order valence-corrected chi connectivity index (χ4v) is 4.51. The molecule has 1 aromatic carbocycles. The van der Waals surface area contributed by atoms with Crippen LogP contribution in [0.5, 0.6) is 0 Å². The van der Waals surface area contributed by atoms with Crippen LogP contribution in [0, 0.1) is 12.8 Å². The standard InChI is InChI=1S/C17H24N2O5S/c1-3-18(12-16(20)21)17(22)14-5-4-10-19(11-14)25(23,24)15-8-6-13(2)7-9-15/h6-9,14H,3-5,10-12H2,1-2H3,(H,20,21). The van der Waals surface area contributed by atoms with E-state index in [2.05, 4.69) is 0 Å². The van der Waals surface area contributed by atoms with Gasteiger partial charge < -0.3 is 10.0 Å². The maximum absolute atomic E-state index is 12.8. The molecule has 2 rings (SSSR count). The highest BCUT2D eigenvalue weighted by Crippen LogP contribution is 2.25. The van der Waals surface area contributed by atoms with Gasteiger partial charge in [-0.25, -0.2) is 8.42 Å². The fourth-order valence-electron chi connectivity index (χ4n) is 2.99. The van der Waals surface area contributed by atoms with Crippen molar-refractivity contribution in [3.05, 3.63) is 29.8 Å². The molecule has 0 aliphatic carbocycles. The highest BCUT2D eigenvalue weighted by Gasteiger charge is 2.35. The van der Waals surface area contributed by atoms with Crippen molar-refractivity contribution in [2.24, 2.45) is 5.92 Å². The number of aliphatic carboxylic acids is 1. The first-order valence-corrected chi connectivity index (χ1v) is 9.77. The number of aryl methyl sites for hydroxylation is 1. The third kappa shape index (κ3) is 4.58. The Hall–Kier alpha value is -1.93. The summed E-state index contributed by atoms with van der Waals surface area (Å²) in [7, 11) is -3.65. The summed E-state index contributed by atoms with van der Waals surface area (Å²) < 4.78 is 26.9. The van der Waals surface area contributed by atoms with Crippen molar-refractivity contribution in [2.75, 3.05) is 26.2 Å². The molecule has 1 unspecified atom stereocenters. The van der Waals surface area contributed by atoms with Gasteiger partial charge >= 0.3 is 5.97 Å². The highest BCUT2D eigenvalue weighted by atomic mass is 32.2. The van der Waals surface area contributed by atoms with Crippen LogP contribution in [0.15, 0.2) is 29.2 Å². The van der Waals surface area contributed by atoms with Crippen molar-refractivity contribution in [1.82, 2.24) is 9.21 Å². The fraction of sp³-hybridized carbons (Fsp3) is 0.529. The van der Waals surface area contributed by atoms with E-state index < -0.39 is 21.9 Å². The Labute approximate surface area is 148 Å². The summed E-state index contributed by atoms with van der Waals surface area (Å²) >= 11 is 0. The minimum atomic E-state index is -3.65. The second-order valence-corrected chi connectivity index (χ2v) is 8.20. The van der Waals surface area contributed by atoms with Crippen LogP contribution in [0.25, 0.3) is 0 Å². The van der Waals surface area contributed by atoms with E-state index in [1.54, 1.807) is 31.2 Å². The van der Waals surface area contributed by atoms with Gasteiger partial charge in [0.15, 0.2) is 0 Å². The molecule has 1 fully saturated rings. The molecule has 0 bridgehead atoms. The molecule has 0 radical (unpaired) electrons. The molecule has 138 valence electrons. The maximum Gasteiger partial charge on any atom is 0.323 e. The first-order chi connectivity index (χ1) is 11.8. The SMILES string of the molecule is CCN(CC(=O)O)C(=O)C1CCCN(S(=O)(=O)c2ccc(C)cc2)C1. The van der Waals surface area contributed by atoms with E-state index in [4.69, 9.17) is 5.11 Å². The lowest BCUT2D eigenvalue weighted by molar-refractivity contribution is -0.146. The number of sulfonamides is 1. The molecule has 1 amide bonds. The number of amides is 1. The summed E-state index contributed by atoms with van der Waals surface area (Å²) in [5.74, 6) is -1.88. The number of hydrogen-bond donors (Lipinski definition) is 1. The number of rotatable bonds is 6. The Morgan fingerprint density at radius 1 is 1.28 bits per heavy atom. The molecule has 0 spiro atoms. The zero-order chi connectivity index (χ0) is 18.6. The molecule has 1 aliphatic rings. The topological polar surface area (TPSA) is 95.0 Å². The maximum atomic E-state index is 12.8. The molecule has 1 atom stereocenters. The summed E-state index contributed by atoms with van der Waals surface area (Å²) in [6.45, 7) is 3.97. The first kappa shape index (κ1) is 19.4. The number of nitrogens with zero attached hydrogens (tertiary/aromatic N) is 2. The Morgan fingerprint density at radius 3 is 2.48 bits per heavy atom. The molecule has 0 saturated carbocycles. The van der Waals surface area contributed by atoms with Gasteiger partial charge in [-0.3, -0.25) is 9.59 Å². The van der Waals surface area contributed by atoms with E-state index in [1.165, 1.54) is 9.21 Å². The van der Waals surface area contributed by atoms with Gasteiger partial charge in [-0.1, -0.05) is 17.7 Å². The van der Waals surface area contributed by atoms with E-state index in [1.807, 2.05) is 6.92 Å². The molecule has 25 heavy (non-hydrogen) atoms. The molecular formula is C17H24N2O5S. The minimum absolute atomic E-state index is 0.0885. The second kappa shape index (κ2) is 7.97. The lowest BCUT2D eigenvalue weighted by atomic mass is 9.98. The van der Waals surface area contributed by atoms with Crippen molar-refractivity contribution >= 4 is 21.9 Å². The van der Waals surface area contributed by atoms with Crippen LogP contribution in [0.2, 0.25) is 0 Å². The van der Waals surface area contributed by atoms with E-state index in [0.717, 1.165) is 5.56 Å². The molecule has 7 nitrogen and oxygen atoms in total. The van der Waals surface area contributed by atoms with Crippen molar-refractivity contribution < 1.29 is 23.1 Å². The molecule has 1 aliphatic heterocycles. The van der Waals surface area contributed by atoms with Crippen LogP contribution in [0.1, 0.15) is 25.3 Å². The van der Waals surface area contributed by atoms with Gasteiger partial charge in [-0.2, -0.15) is 4.31 Å².